The first-order chi connectivity index (χ1) is 19.5. The lowest BCUT2D eigenvalue weighted by Gasteiger charge is -2.32. The van der Waals surface area contributed by atoms with Crippen molar-refractivity contribution in [1.29, 1.82) is 0 Å². The summed E-state index contributed by atoms with van der Waals surface area (Å²) in [5.74, 6) is -0.238. The van der Waals surface area contributed by atoms with Gasteiger partial charge < -0.3 is 14.8 Å². The van der Waals surface area contributed by atoms with Crippen LogP contribution in [0.3, 0.4) is 0 Å². The average molecular weight is 546 g/mol. The van der Waals surface area contributed by atoms with E-state index in [0.29, 0.717) is 40.4 Å². The van der Waals surface area contributed by atoms with E-state index in [1.165, 1.54) is 41.0 Å². The number of ether oxygens (including phenoxy) is 2. The lowest BCUT2D eigenvalue weighted by molar-refractivity contribution is -0.127. The molecule has 1 fully saturated rings. The minimum Gasteiger partial charge on any atom is -0.493 e. The number of hydrogen-bond donors (Lipinski definition) is 1. The Bertz CT molecular complexity index is 1480. The molecule has 9 nitrogen and oxygen atoms in total. The molecule has 1 aromatic heterocycles. The van der Waals surface area contributed by atoms with Crippen LogP contribution in [0, 0.1) is 5.82 Å². The fourth-order valence-corrected chi connectivity index (χ4v) is 5.17. The number of carbonyl (C=O) groups is 2. The van der Waals surface area contributed by atoms with Gasteiger partial charge in [-0.1, -0.05) is 36.3 Å². The summed E-state index contributed by atoms with van der Waals surface area (Å²) in [4.78, 5) is 29.6. The molecule has 0 aliphatic heterocycles. The lowest BCUT2D eigenvalue weighted by atomic mass is 10.0. The topological polar surface area (TPSA) is 98.6 Å². The van der Waals surface area contributed by atoms with Crippen LogP contribution in [0.15, 0.2) is 66.7 Å². The number of benzene rings is 3. The summed E-state index contributed by atoms with van der Waals surface area (Å²) in [5.41, 5.74) is 2.23. The number of nitrogens with zero attached hydrogens (tertiary/aromatic N) is 4. The van der Waals surface area contributed by atoms with Gasteiger partial charge in [-0.2, -0.15) is 0 Å². The van der Waals surface area contributed by atoms with E-state index in [0.717, 1.165) is 25.7 Å². The van der Waals surface area contributed by atoms with Crippen molar-refractivity contribution in [3.8, 4) is 11.5 Å². The van der Waals surface area contributed by atoms with Crippen LogP contribution in [-0.2, 0) is 16.1 Å². The van der Waals surface area contributed by atoms with E-state index in [-0.39, 0.29) is 18.5 Å². The van der Waals surface area contributed by atoms with Crippen LogP contribution in [0.5, 0.6) is 11.5 Å². The molecule has 3 aromatic carbocycles. The molecule has 1 N–H and O–H groups in total. The highest BCUT2D eigenvalue weighted by Crippen LogP contribution is 2.35. The number of fused-ring (bicyclic) bond motifs is 1. The van der Waals surface area contributed by atoms with Crippen LogP contribution >= 0.6 is 0 Å². The first-order valence-corrected chi connectivity index (χ1v) is 13.5. The summed E-state index contributed by atoms with van der Waals surface area (Å²) < 4.78 is 26.7. The highest BCUT2D eigenvalue weighted by atomic mass is 19.1. The number of anilines is 1. The Morgan fingerprint density at radius 1 is 1.07 bits per heavy atom. The van der Waals surface area contributed by atoms with E-state index in [4.69, 9.17) is 9.47 Å². The third kappa shape index (κ3) is 5.75. The Kier molecular flexibility index (Phi) is 8.23. The molecule has 1 aliphatic carbocycles. The van der Waals surface area contributed by atoms with E-state index < -0.39 is 17.8 Å². The van der Waals surface area contributed by atoms with Gasteiger partial charge in [0.1, 0.15) is 23.9 Å². The zero-order valence-corrected chi connectivity index (χ0v) is 22.5. The van der Waals surface area contributed by atoms with Gasteiger partial charge in [-0.05, 0) is 73.9 Å². The van der Waals surface area contributed by atoms with Crippen molar-refractivity contribution in [2.24, 2.45) is 0 Å². The molecular formula is C30H32FN5O4. The molecule has 0 spiro atoms. The number of halogens is 1. The fourth-order valence-electron chi connectivity index (χ4n) is 5.17. The number of carbonyl (C=O) groups excluding carboxylic acids is 2. The predicted molar refractivity (Wildman–Crippen MR) is 149 cm³/mol. The van der Waals surface area contributed by atoms with Crippen LogP contribution in [0.25, 0.3) is 11.0 Å². The molecule has 5 rings (SSSR count). The predicted octanol–water partition coefficient (Wildman–Crippen LogP) is 4.81. The van der Waals surface area contributed by atoms with Gasteiger partial charge in [0, 0.05) is 11.7 Å². The minimum atomic E-state index is -1.07. The number of methoxy groups -OCH3 is 1. The van der Waals surface area contributed by atoms with E-state index >= 15 is 0 Å². The molecule has 4 aromatic rings. The molecule has 0 radical (unpaired) electrons. The fraction of sp³-hybridized carbons (Fsp3) is 0.333. The standard InChI is InChI=1S/C30H32FN5O4/c1-3-40-26-17-12-20(18-27(26)39-2)29(30(38)32-22-8-4-5-9-22)36(23-15-13-21(31)14-16-23)28(37)19-35-25-11-7-6-10-24(25)33-34-35/h6-7,10-18,22,29H,3-5,8-9,19H2,1-2H3,(H,32,38)/t29-/m1/s1. The van der Waals surface area contributed by atoms with Crippen LogP contribution in [-0.4, -0.2) is 46.6 Å². The van der Waals surface area contributed by atoms with Crippen LogP contribution in [0.1, 0.15) is 44.2 Å². The highest BCUT2D eigenvalue weighted by molar-refractivity contribution is 6.01. The van der Waals surface area contributed by atoms with Gasteiger partial charge in [-0.15, -0.1) is 5.10 Å². The highest BCUT2D eigenvalue weighted by Gasteiger charge is 2.35. The van der Waals surface area contributed by atoms with Crippen molar-refractivity contribution < 1.29 is 23.5 Å². The number of para-hydroxylation sites is 1. The van der Waals surface area contributed by atoms with Gasteiger partial charge in [0.15, 0.2) is 11.5 Å². The van der Waals surface area contributed by atoms with Crippen molar-refractivity contribution in [2.75, 3.05) is 18.6 Å². The Morgan fingerprint density at radius 3 is 2.55 bits per heavy atom. The number of hydrogen-bond acceptors (Lipinski definition) is 6. The van der Waals surface area contributed by atoms with Gasteiger partial charge >= 0.3 is 0 Å². The van der Waals surface area contributed by atoms with Crippen molar-refractivity contribution in [2.45, 2.75) is 51.2 Å². The molecule has 1 atom stereocenters. The summed E-state index contributed by atoms with van der Waals surface area (Å²) in [6, 6.07) is 17.0. The van der Waals surface area contributed by atoms with Crippen LogP contribution in [0.4, 0.5) is 10.1 Å². The molecule has 208 valence electrons. The quantitative estimate of drug-likeness (QED) is 0.307. The monoisotopic (exact) mass is 545 g/mol. The molecule has 1 aliphatic rings. The largest absolute Gasteiger partial charge is 0.493 e. The maximum absolute atomic E-state index is 14.1. The molecule has 0 saturated heterocycles. The normalized spacial score (nSPS) is 14.2. The van der Waals surface area contributed by atoms with E-state index in [1.807, 2.05) is 31.2 Å². The van der Waals surface area contributed by atoms with Gasteiger partial charge in [-0.25, -0.2) is 9.07 Å². The van der Waals surface area contributed by atoms with E-state index in [9.17, 15) is 14.0 Å². The summed E-state index contributed by atoms with van der Waals surface area (Å²) in [6.45, 7) is 2.13. The average Bonchev–Trinajstić information content (AvgIpc) is 3.63. The molecule has 1 saturated carbocycles. The maximum Gasteiger partial charge on any atom is 0.249 e. The first-order valence-electron chi connectivity index (χ1n) is 13.5. The Balaban J connectivity index is 1.60. The third-order valence-corrected chi connectivity index (χ3v) is 7.09. The zero-order valence-electron chi connectivity index (χ0n) is 22.5. The Morgan fingerprint density at radius 2 is 1.82 bits per heavy atom. The Hall–Kier alpha value is -4.47. The SMILES string of the molecule is CCOc1ccc([C@H](C(=O)NC2CCCC2)N(C(=O)Cn2nnc3ccccc32)c2ccc(F)cc2)cc1OC. The summed E-state index contributed by atoms with van der Waals surface area (Å²) >= 11 is 0. The van der Waals surface area contributed by atoms with Gasteiger partial charge in [0.2, 0.25) is 11.8 Å². The molecule has 1 heterocycles. The second-order valence-electron chi connectivity index (χ2n) is 9.71. The van der Waals surface area contributed by atoms with Gasteiger partial charge in [0.05, 0.1) is 19.2 Å². The molecule has 10 heteroatoms. The molecule has 40 heavy (non-hydrogen) atoms. The zero-order chi connectivity index (χ0) is 28.1. The second kappa shape index (κ2) is 12.1. The smallest absolute Gasteiger partial charge is 0.249 e. The maximum atomic E-state index is 14.1. The van der Waals surface area contributed by atoms with E-state index in [1.54, 1.807) is 18.2 Å². The third-order valence-electron chi connectivity index (χ3n) is 7.09. The summed E-state index contributed by atoms with van der Waals surface area (Å²) in [7, 11) is 1.52. The van der Waals surface area contributed by atoms with Crippen molar-refractivity contribution in [3.05, 3.63) is 78.1 Å². The summed E-state index contributed by atoms with van der Waals surface area (Å²) in [6.07, 6.45) is 3.82. The molecule has 2 amide bonds. The number of aromatic nitrogens is 3. The summed E-state index contributed by atoms with van der Waals surface area (Å²) in [5, 5.41) is 11.5. The molecular weight excluding hydrogens is 513 g/mol. The van der Waals surface area contributed by atoms with Crippen molar-refractivity contribution >= 4 is 28.5 Å². The van der Waals surface area contributed by atoms with E-state index in [2.05, 4.69) is 15.6 Å². The molecule has 0 bridgehead atoms. The first kappa shape index (κ1) is 27.1. The lowest BCUT2D eigenvalue weighted by Crippen LogP contribution is -2.47. The number of amides is 2. The Labute approximate surface area is 231 Å². The number of rotatable bonds is 10. The second-order valence-corrected chi connectivity index (χ2v) is 9.71. The molecule has 0 unspecified atom stereocenters. The van der Waals surface area contributed by atoms with Gasteiger partial charge in [0.25, 0.3) is 0 Å². The van der Waals surface area contributed by atoms with Gasteiger partial charge in [-0.3, -0.25) is 14.5 Å². The number of nitrogens with one attached hydrogen (secondary N) is 1. The minimum absolute atomic E-state index is 0.0176. The van der Waals surface area contributed by atoms with Crippen molar-refractivity contribution in [1.82, 2.24) is 20.3 Å². The van der Waals surface area contributed by atoms with Crippen LogP contribution in [0.2, 0.25) is 0 Å². The van der Waals surface area contributed by atoms with Crippen LogP contribution < -0.4 is 19.7 Å². The van der Waals surface area contributed by atoms with Crippen molar-refractivity contribution in [3.63, 3.8) is 0 Å².